The number of aromatic nitrogens is 1. The van der Waals surface area contributed by atoms with Gasteiger partial charge in [0.25, 0.3) is 0 Å². The first kappa shape index (κ1) is 20.8. The molecule has 158 valence electrons. The van der Waals surface area contributed by atoms with Gasteiger partial charge in [-0.3, -0.25) is 9.59 Å². The molecule has 0 aliphatic carbocycles. The van der Waals surface area contributed by atoms with Crippen molar-refractivity contribution in [1.82, 2.24) is 14.8 Å². The van der Waals surface area contributed by atoms with Crippen LogP contribution in [0.25, 0.3) is 21.8 Å². The number of carbonyl (C=O) groups is 1. The van der Waals surface area contributed by atoms with Crippen molar-refractivity contribution in [2.75, 3.05) is 20.6 Å². The zero-order chi connectivity index (χ0) is 22.0. The normalized spacial score (nSPS) is 12.4. The molecule has 4 aromatic rings. The molecule has 0 bridgehead atoms. The topological polar surface area (TPSA) is 54.3 Å². The highest BCUT2D eigenvalue weighted by Crippen LogP contribution is 2.20. The SMILES string of the molecule is CN(C)[C@@H](CNC(=O)Cn1c2ccccc2c(=O)c2ccccc21)c1cccc(F)c1. The first-order valence-corrected chi connectivity index (χ1v) is 10.1. The molecule has 3 aromatic carbocycles. The fourth-order valence-electron chi connectivity index (χ4n) is 3.97. The second kappa shape index (κ2) is 8.70. The highest BCUT2D eigenvalue weighted by molar-refractivity contribution is 5.94. The molecule has 0 fully saturated rings. The summed E-state index contributed by atoms with van der Waals surface area (Å²) in [5, 5.41) is 4.14. The maximum Gasteiger partial charge on any atom is 0.240 e. The number of pyridine rings is 1. The van der Waals surface area contributed by atoms with Gasteiger partial charge in [-0.1, -0.05) is 36.4 Å². The van der Waals surface area contributed by atoms with Crippen LogP contribution in [0.1, 0.15) is 11.6 Å². The zero-order valence-corrected chi connectivity index (χ0v) is 17.5. The number of hydrogen-bond donors (Lipinski definition) is 1. The lowest BCUT2D eigenvalue weighted by Gasteiger charge is -2.25. The third-order valence-electron chi connectivity index (χ3n) is 5.53. The first-order chi connectivity index (χ1) is 15.0. The van der Waals surface area contributed by atoms with E-state index in [4.69, 9.17) is 0 Å². The van der Waals surface area contributed by atoms with Gasteiger partial charge < -0.3 is 14.8 Å². The summed E-state index contributed by atoms with van der Waals surface area (Å²) in [5.74, 6) is -0.482. The number of likely N-dealkylation sites (N-methyl/N-ethyl adjacent to an activating group) is 1. The van der Waals surface area contributed by atoms with Gasteiger partial charge in [0.15, 0.2) is 5.43 Å². The molecule has 1 heterocycles. The van der Waals surface area contributed by atoms with Crippen LogP contribution in [-0.2, 0) is 11.3 Å². The predicted octanol–water partition coefficient (Wildman–Crippen LogP) is 3.71. The number of amides is 1. The Labute approximate surface area is 179 Å². The van der Waals surface area contributed by atoms with Gasteiger partial charge >= 0.3 is 0 Å². The number of hydrogen-bond acceptors (Lipinski definition) is 3. The third-order valence-corrected chi connectivity index (χ3v) is 5.53. The van der Waals surface area contributed by atoms with Crippen molar-refractivity contribution >= 4 is 27.7 Å². The Bertz CT molecular complexity index is 1250. The van der Waals surface area contributed by atoms with Crippen molar-refractivity contribution in [3.63, 3.8) is 0 Å². The van der Waals surface area contributed by atoms with Crippen molar-refractivity contribution in [2.45, 2.75) is 12.6 Å². The van der Waals surface area contributed by atoms with Crippen LogP contribution in [0.4, 0.5) is 4.39 Å². The van der Waals surface area contributed by atoms with Crippen LogP contribution in [0.2, 0.25) is 0 Å². The summed E-state index contributed by atoms with van der Waals surface area (Å²) >= 11 is 0. The molecule has 6 heteroatoms. The largest absolute Gasteiger partial charge is 0.353 e. The van der Waals surface area contributed by atoms with Crippen LogP contribution in [0, 0.1) is 5.82 Å². The highest BCUT2D eigenvalue weighted by Gasteiger charge is 2.17. The summed E-state index contributed by atoms with van der Waals surface area (Å²) in [4.78, 5) is 27.7. The van der Waals surface area contributed by atoms with E-state index >= 15 is 0 Å². The van der Waals surface area contributed by atoms with Gasteiger partial charge in [-0.2, -0.15) is 0 Å². The zero-order valence-electron chi connectivity index (χ0n) is 17.5. The first-order valence-electron chi connectivity index (χ1n) is 10.1. The number of nitrogens with zero attached hydrogens (tertiary/aromatic N) is 2. The second-order valence-electron chi connectivity index (χ2n) is 7.79. The number of carbonyl (C=O) groups excluding carboxylic acids is 1. The van der Waals surface area contributed by atoms with Crippen molar-refractivity contribution in [3.8, 4) is 0 Å². The lowest BCUT2D eigenvalue weighted by molar-refractivity contribution is -0.121. The summed E-state index contributed by atoms with van der Waals surface area (Å²) < 4.78 is 15.5. The van der Waals surface area contributed by atoms with Crippen molar-refractivity contribution in [1.29, 1.82) is 0 Å². The molecular formula is C25H24FN3O2. The molecule has 0 saturated heterocycles. The number of para-hydroxylation sites is 2. The minimum atomic E-state index is -0.304. The van der Waals surface area contributed by atoms with Gasteiger partial charge in [0.05, 0.1) is 17.1 Å². The molecule has 0 saturated carbocycles. The maximum absolute atomic E-state index is 13.7. The van der Waals surface area contributed by atoms with E-state index in [2.05, 4.69) is 5.32 Å². The van der Waals surface area contributed by atoms with Crippen LogP contribution >= 0.6 is 0 Å². The van der Waals surface area contributed by atoms with Crippen molar-refractivity contribution in [2.24, 2.45) is 0 Å². The average Bonchev–Trinajstić information content (AvgIpc) is 2.76. The van der Waals surface area contributed by atoms with E-state index in [-0.39, 0.29) is 29.7 Å². The average molecular weight is 417 g/mol. The maximum atomic E-state index is 13.7. The second-order valence-corrected chi connectivity index (χ2v) is 7.79. The van der Waals surface area contributed by atoms with E-state index in [1.54, 1.807) is 18.2 Å². The van der Waals surface area contributed by atoms with Crippen LogP contribution < -0.4 is 10.7 Å². The quantitative estimate of drug-likeness (QED) is 0.487. The monoisotopic (exact) mass is 417 g/mol. The Morgan fingerprint density at radius 1 is 0.968 bits per heavy atom. The number of nitrogens with one attached hydrogen (secondary N) is 1. The number of fused-ring (bicyclic) bond motifs is 2. The Morgan fingerprint density at radius 2 is 1.58 bits per heavy atom. The summed E-state index contributed by atoms with van der Waals surface area (Å²) in [6, 6.07) is 20.9. The van der Waals surface area contributed by atoms with E-state index in [9.17, 15) is 14.0 Å². The minimum Gasteiger partial charge on any atom is -0.353 e. The molecule has 0 spiro atoms. The predicted molar refractivity (Wildman–Crippen MR) is 122 cm³/mol. The van der Waals surface area contributed by atoms with Gasteiger partial charge in [0.1, 0.15) is 12.4 Å². The van der Waals surface area contributed by atoms with Crippen LogP contribution in [0.3, 0.4) is 0 Å². The lowest BCUT2D eigenvalue weighted by Crippen LogP contribution is -2.36. The fraction of sp³-hybridized carbons (Fsp3) is 0.200. The highest BCUT2D eigenvalue weighted by atomic mass is 19.1. The van der Waals surface area contributed by atoms with Crippen LogP contribution in [-0.4, -0.2) is 36.0 Å². The van der Waals surface area contributed by atoms with Gasteiger partial charge in [-0.05, 0) is 56.1 Å². The van der Waals surface area contributed by atoms with Gasteiger partial charge in [0.2, 0.25) is 5.91 Å². The molecule has 31 heavy (non-hydrogen) atoms. The molecule has 0 aliphatic heterocycles. The molecule has 4 rings (SSSR count). The van der Waals surface area contributed by atoms with Crippen molar-refractivity contribution < 1.29 is 9.18 Å². The Morgan fingerprint density at radius 3 is 2.16 bits per heavy atom. The standard InChI is InChI=1S/C25H24FN3O2/c1-28(2)23(17-8-7-9-18(26)14-17)15-27-24(30)16-29-21-12-5-3-10-19(21)25(31)20-11-4-6-13-22(20)29/h3-14,23H,15-16H2,1-2H3,(H,27,30)/t23-/m0/s1. The summed E-state index contributed by atoms with van der Waals surface area (Å²) in [6.07, 6.45) is 0. The molecule has 0 unspecified atom stereocenters. The molecule has 1 N–H and O–H groups in total. The van der Waals surface area contributed by atoms with Gasteiger partial charge in [0, 0.05) is 17.3 Å². The van der Waals surface area contributed by atoms with E-state index < -0.39 is 0 Å². The van der Waals surface area contributed by atoms with Gasteiger partial charge in [-0.15, -0.1) is 0 Å². The van der Waals surface area contributed by atoms with Gasteiger partial charge in [-0.25, -0.2) is 4.39 Å². The fourth-order valence-corrected chi connectivity index (χ4v) is 3.97. The molecule has 0 aliphatic rings. The summed E-state index contributed by atoms with van der Waals surface area (Å²) in [6.45, 7) is 0.413. The molecule has 1 atom stereocenters. The van der Waals surface area contributed by atoms with E-state index in [1.807, 2.05) is 66.0 Å². The van der Waals surface area contributed by atoms with E-state index in [0.29, 0.717) is 17.3 Å². The number of benzene rings is 3. The lowest BCUT2D eigenvalue weighted by atomic mass is 10.1. The number of rotatable bonds is 6. The molecule has 5 nitrogen and oxygen atoms in total. The van der Waals surface area contributed by atoms with Crippen LogP contribution in [0.5, 0.6) is 0 Å². The smallest absolute Gasteiger partial charge is 0.240 e. The van der Waals surface area contributed by atoms with Crippen LogP contribution in [0.15, 0.2) is 77.6 Å². The molecule has 1 aromatic heterocycles. The van der Waals surface area contributed by atoms with E-state index in [1.165, 1.54) is 12.1 Å². The third kappa shape index (κ3) is 4.20. The Hall–Kier alpha value is -3.51. The summed E-state index contributed by atoms with van der Waals surface area (Å²) in [5.41, 5.74) is 2.19. The Balaban J connectivity index is 1.62. The minimum absolute atomic E-state index is 0.0402. The Kier molecular flexibility index (Phi) is 5.82. The van der Waals surface area contributed by atoms with E-state index in [0.717, 1.165) is 16.6 Å². The van der Waals surface area contributed by atoms with Crippen molar-refractivity contribution in [3.05, 3.63) is 94.4 Å². The molecule has 0 radical (unpaired) electrons. The summed E-state index contributed by atoms with van der Waals surface area (Å²) in [7, 11) is 3.79. The number of halogens is 1. The molecule has 1 amide bonds. The molecular weight excluding hydrogens is 393 g/mol.